The highest BCUT2D eigenvalue weighted by molar-refractivity contribution is 7.19. The van der Waals surface area contributed by atoms with Gasteiger partial charge in [-0.1, -0.05) is 23.5 Å². The van der Waals surface area contributed by atoms with Crippen molar-refractivity contribution in [1.29, 1.82) is 10.7 Å². The first-order chi connectivity index (χ1) is 11.1. The number of nitrogens with two attached hydrogens (primary N) is 1. The molecule has 0 spiro atoms. The fraction of sp³-hybridized carbons (Fsp3) is 0.0769. The van der Waals surface area contributed by atoms with Crippen molar-refractivity contribution in [3.8, 4) is 16.6 Å². The predicted molar refractivity (Wildman–Crippen MR) is 87.4 cm³/mol. The number of nitrogens with one attached hydrogen (secondary N) is 2. The standard InChI is InChI=1S/C13H11N9S/c1-7-17-20-13-22(7)21-12(23-13)8-3-2-4-9(5-8)18-19-10(6-14)11(15)16/h2-5,18H,1H3,(H3,15,16)/b19-10+. The number of hydrogen-bond donors (Lipinski definition) is 3. The zero-order valence-electron chi connectivity index (χ0n) is 12.0. The number of aromatic nitrogens is 4. The molecule has 9 nitrogen and oxygen atoms in total. The van der Waals surface area contributed by atoms with Crippen LogP contribution >= 0.6 is 11.3 Å². The van der Waals surface area contributed by atoms with E-state index in [1.54, 1.807) is 16.7 Å². The van der Waals surface area contributed by atoms with Crippen LogP contribution in [0.25, 0.3) is 15.5 Å². The molecule has 4 N–H and O–H groups in total. The normalized spacial score (nSPS) is 11.4. The molecule has 0 saturated carbocycles. The summed E-state index contributed by atoms with van der Waals surface area (Å²) in [6, 6.07) is 9.11. The summed E-state index contributed by atoms with van der Waals surface area (Å²) in [5.41, 5.74) is 9.31. The van der Waals surface area contributed by atoms with Crippen molar-refractivity contribution in [2.45, 2.75) is 6.92 Å². The minimum atomic E-state index is -0.389. The van der Waals surface area contributed by atoms with Crippen LogP contribution < -0.4 is 11.2 Å². The highest BCUT2D eigenvalue weighted by atomic mass is 32.1. The van der Waals surface area contributed by atoms with Gasteiger partial charge < -0.3 is 5.73 Å². The topological polar surface area (TPSA) is 141 Å². The van der Waals surface area contributed by atoms with Gasteiger partial charge >= 0.3 is 0 Å². The Labute approximate surface area is 134 Å². The molecule has 114 valence electrons. The summed E-state index contributed by atoms with van der Waals surface area (Å²) in [5.74, 6) is 0.335. The number of hydrogen-bond acceptors (Lipinski definition) is 8. The molecule has 0 amide bonds. The molecule has 3 aromatic rings. The molecule has 23 heavy (non-hydrogen) atoms. The van der Waals surface area contributed by atoms with Crippen LogP contribution in [0, 0.1) is 23.7 Å². The van der Waals surface area contributed by atoms with Crippen molar-refractivity contribution < 1.29 is 0 Å². The monoisotopic (exact) mass is 325 g/mol. The molecule has 0 saturated heterocycles. The second-order valence-corrected chi connectivity index (χ2v) is 5.48. The van der Waals surface area contributed by atoms with Crippen molar-refractivity contribution in [2.75, 3.05) is 5.43 Å². The number of anilines is 1. The third-order valence-electron chi connectivity index (χ3n) is 2.91. The summed E-state index contributed by atoms with van der Waals surface area (Å²) in [5, 5.41) is 33.1. The van der Waals surface area contributed by atoms with Gasteiger partial charge in [0.15, 0.2) is 11.7 Å². The fourth-order valence-corrected chi connectivity index (χ4v) is 2.70. The van der Waals surface area contributed by atoms with Gasteiger partial charge in [-0.15, -0.1) is 10.2 Å². The summed E-state index contributed by atoms with van der Waals surface area (Å²) in [7, 11) is 0. The largest absolute Gasteiger partial charge is 0.382 e. The highest BCUT2D eigenvalue weighted by Crippen LogP contribution is 2.27. The first-order valence-electron chi connectivity index (χ1n) is 6.46. The van der Waals surface area contributed by atoms with Gasteiger partial charge in [-0.05, 0) is 19.1 Å². The molecule has 2 heterocycles. The van der Waals surface area contributed by atoms with E-state index in [-0.39, 0.29) is 11.5 Å². The van der Waals surface area contributed by atoms with Crippen molar-refractivity contribution >= 4 is 33.5 Å². The Morgan fingerprint density at radius 3 is 3.00 bits per heavy atom. The maximum Gasteiger partial charge on any atom is 0.234 e. The number of nitrogens with zero attached hydrogens (tertiary/aromatic N) is 6. The molecule has 3 rings (SSSR count). The van der Waals surface area contributed by atoms with Crippen LogP contribution in [-0.2, 0) is 0 Å². The Morgan fingerprint density at radius 2 is 2.30 bits per heavy atom. The summed E-state index contributed by atoms with van der Waals surface area (Å²) < 4.78 is 1.68. The molecule has 0 fully saturated rings. The molecule has 10 heteroatoms. The molecular weight excluding hydrogens is 314 g/mol. The predicted octanol–water partition coefficient (Wildman–Crippen LogP) is 1.39. The Hall–Kier alpha value is -3.32. The van der Waals surface area contributed by atoms with Crippen LogP contribution in [0.1, 0.15) is 5.82 Å². The van der Waals surface area contributed by atoms with Gasteiger partial charge in [0.1, 0.15) is 11.1 Å². The highest BCUT2D eigenvalue weighted by Gasteiger charge is 2.10. The first kappa shape index (κ1) is 14.6. The van der Waals surface area contributed by atoms with Gasteiger partial charge in [-0.25, -0.2) is 0 Å². The lowest BCUT2D eigenvalue weighted by molar-refractivity contribution is 0.898. The second kappa shape index (κ2) is 5.82. The van der Waals surface area contributed by atoms with Gasteiger partial charge in [0.05, 0.1) is 5.69 Å². The van der Waals surface area contributed by atoms with E-state index in [9.17, 15) is 0 Å². The van der Waals surface area contributed by atoms with Crippen LogP contribution in [0.15, 0.2) is 29.4 Å². The smallest absolute Gasteiger partial charge is 0.234 e. The quantitative estimate of drug-likeness (QED) is 0.376. The zero-order chi connectivity index (χ0) is 16.4. The Balaban J connectivity index is 1.90. The van der Waals surface area contributed by atoms with E-state index in [2.05, 4.69) is 25.8 Å². The van der Waals surface area contributed by atoms with E-state index in [4.69, 9.17) is 16.4 Å². The number of fused-ring (bicyclic) bond motifs is 1. The van der Waals surface area contributed by atoms with Crippen LogP contribution in [0.3, 0.4) is 0 Å². The molecule has 0 radical (unpaired) electrons. The van der Waals surface area contributed by atoms with Crippen molar-refractivity contribution in [1.82, 2.24) is 19.8 Å². The zero-order valence-corrected chi connectivity index (χ0v) is 12.8. The Bertz CT molecular complexity index is 959. The van der Waals surface area contributed by atoms with E-state index < -0.39 is 0 Å². The van der Waals surface area contributed by atoms with Crippen LogP contribution in [-0.4, -0.2) is 31.4 Å². The Morgan fingerprint density at radius 1 is 1.48 bits per heavy atom. The number of rotatable bonds is 4. The van der Waals surface area contributed by atoms with Gasteiger partial charge in [0, 0.05) is 5.56 Å². The minimum Gasteiger partial charge on any atom is -0.382 e. The molecule has 0 aliphatic carbocycles. The lowest BCUT2D eigenvalue weighted by atomic mass is 10.2. The van der Waals surface area contributed by atoms with Gasteiger partial charge in [-0.2, -0.15) is 20.0 Å². The van der Waals surface area contributed by atoms with Crippen LogP contribution in [0.2, 0.25) is 0 Å². The van der Waals surface area contributed by atoms with Gasteiger partial charge in [0.2, 0.25) is 10.7 Å². The van der Waals surface area contributed by atoms with Crippen molar-refractivity contribution in [3.05, 3.63) is 30.1 Å². The lowest BCUT2D eigenvalue weighted by Gasteiger charge is -2.03. The molecule has 0 aliphatic heterocycles. The lowest BCUT2D eigenvalue weighted by Crippen LogP contribution is -2.21. The maximum absolute atomic E-state index is 8.82. The maximum atomic E-state index is 8.82. The first-order valence-corrected chi connectivity index (χ1v) is 7.27. The van der Waals surface area contributed by atoms with E-state index in [0.29, 0.717) is 5.69 Å². The van der Waals surface area contributed by atoms with E-state index in [1.807, 2.05) is 25.1 Å². The molecule has 0 bridgehead atoms. The average molecular weight is 325 g/mol. The summed E-state index contributed by atoms with van der Waals surface area (Å²) >= 11 is 1.42. The van der Waals surface area contributed by atoms with Crippen molar-refractivity contribution in [2.24, 2.45) is 10.8 Å². The number of benzene rings is 1. The molecular formula is C13H11N9S. The average Bonchev–Trinajstić information content (AvgIpc) is 3.10. The fourth-order valence-electron chi connectivity index (χ4n) is 1.82. The third-order valence-corrected chi connectivity index (χ3v) is 3.86. The summed E-state index contributed by atoms with van der Waals surface area (Å²) in [4.78, 5) is 0.720. The number of nitriles is 1. The minimum absolute atomic E-state index is 0.176. The molecule has 0 atom stereocenters. The number of aryl methyl sites for hydroxylation is 1. The van der Waals surface area contributed by atoms with Gasteiger partial charge in [0.25, 0.3) is 0 Å². The Kier molecular flexibility index (Phi) is 3.70. The number of hydrazone groups is 1. The molecule has 0 unspecified atom stereocenters. The molecule has 2 aromatic heterocycles. The second-order valence-electron chi connectivity index (χ2n) is 4.53. The van der Waals surface area contributed by atoms with Crippen LogP contribution in [0.5, 0.6) is 0 Å². The van der Waals surface area contributed by atoms with Crippen molar-refractivity contribution in [3.63, 3.8) is 0 Å². The SMILES string of the molecule is Cc1nnc2sc(-c3cccc(N/N=C(\C#N)C(=N)N)c3)nn12. The summed E-state index contributed by atoms with van der Waals surface area (Å²) in [6.45, 7) is 1.83. The summed E-state index contributed by atoms with van der Waals surface area (Å²) in [6.07, 6.45) is 0. The van der Waals surface area contributed by atoms with E-state index >= 15 is 0 Å². The third kappa shape index (κ3) is 2.85. The van der Waals surface area contributed by atoms with Crippen LogP contribution in [0.4, 0.5) is 5.69 Å². The molecule has 1 aromatic carbocycles. The van der Waals surface area contributed by atoms with Gasteiger partial charge in [-0.3, -0.25) is 10.8 Å². The van der Waals surface area contributed by atoms with E-state index in [0.717, 1.165) is 21.4 Å². The van der Waals surface area contributed by atoms with E-state index in [1.165, 1.54) is 11.3 Å². The molecule has 0 aliphatic rings. The number of amidine groups is 1.